The Morgan fingerprint density at radius 3 is 2.88 bits per heavy atom. The number of aromatic nitrogens is 1. The number of hydrogen-bond acceptors (Lipinski definition) is 3. The van der Waals surface area contributed by atoms with Gasteiger partial charge in [-0.05, 0) is 44.2 Å². The van der Waals surface area contributed by atoms with Crippen molar-refractivity contribution in [1.29, 1.82) is 0 Å². The minimum absolute atomic E-state index is 0.560. The second kappa shape index (κ2) is 4.30. The second-order valence-corrected chi connectivity index (χ2v) is 6.10. The monoisotopic (exact) mass is 246 g/mol. The van der Waals surface area contributed by atoms with E-state index in [-0.39, 0.29) is 0 Å². The zero-order valence-corrected chi connectivity index (χ0v) is 11.2. The Morgan fingerprint density at radius 2 is 2.24 bits per heavy atom. The van der Waals surface area contributed by atoms with Crippen LogP contribution < -0.4 is 5.32 Å². The molecule has 0 aliphatic heterocycles. The number of anilines is 1. The topological polar surface area (TPSA) is 24.9 Å². The predicted octanol–water partition coefficient (Wildman–Crippen LogP) is 4.21. The number of para-hydroxylation sites is 1. The lowest BCUT2D eigenvalue weighted by atomic mass is 9.80. The van der Waals surface area contributed by atoms with Gasteiger partial charge >= 0.3 is 0 Å². The molecule has 1 aliphatic rings. The van der Waals surface area contributed by atoms with Crippen molar-refractivity contribution in [3.63, 3.8) is 0 Å². The summed E-state index contributed by atoms with van der Waals surface area (Å²) < 4.78 is 1.29. The van der Waals surface area contributed by atoms with Crippen LogP contribution in [0.15, 0.2) is 18.2 Å². The minimum atomic E-state index is 0.560. The van der Waals surface area contributed by atoms with Crippen molar-refractivity contribution in [2.24, 2.45) is 5.92 Å². The van der Waals surface area contributed by atoms with Crippen molar-refractivity contribution in [3.8, 4) is 0 Å². The van der Waals surface area contributed by atoms with E-state index in [2.05, 4.69) is 37.4 Å². The van der Waals surface area contributed by atoms with Crippen LogP contribution in [0.5, 0.6) is 0 Å². The molecule has 0 spiro atoms. The van der Waals surface area contributed by atoms with Crippen molar-refractivity contribution in [3.05, 3.63) is 23.8 Å². The van der Waals surface area contributed by atoms with Gasteiger partial charge in [0.1, 0.15) is 0 Å². The Bertz CT molecular complexity index is 528. The van der Waals surface area contributed by atoms with E-state index < -0.39 is 0 Å². The summed E-state index contributed by atoms with van der Waals surface area (Å²) in [7, 11) is 0. The molecule has 1 aromatic heterocycles. The first-order valence-electron chi connectivity index (χ1n) is 6.37. The molecule has 90 valence electrons. The highest BCUT2D eigenvalue weighted by Gasteiger charge is 2.24. The lowest BCUT2D eigenvalue weighted by molar-refractivity contribution is 0.285. The smallest absolute Gasteiger partial charge is 0.184 e. The maximum Gasteiger partial charge on any atom is 0.184 e. The summed E-state index contributed by atoms with van der Waals surface area (Å²) in [5.41, 5.74) is 2.42. The number of rotatable bonds is 3. The van der Waals surface area contributed by atoms with Crippen LogP contribution in [0.25, 0.3) is 10.2 Å². The Labute approximate surface area is 106 Å². The average molecular weight is 246 g/mol. The van der Waals surface area contributed by atoms with Gasteiger partial charge in [-0.15, -0.1) is 0 Å². The molecule has 0 bridgehead atoms. The van der Waals surface area contributed by atoms with E-state index in [0.29, 0.717) is 6.04 Å². The van der Waals surface area contributed by atoms with Gasteiger partial charge in [0, 0.05) is 6.04 Å². The Hall–Kier alpha value is -1.09. The zero-order valence-electron chi connectivity index (χ0n) is 10.4. The van der Waals surface area contributed by atoms with Gasteiger partial charge in [0.15, 0.2) is 5.13 Å². The maximum absolute atomic E-state index is 4.70. The third kappa shape index (κ3) is 2.04. The van der Waals surface area contributed by atoms with E-state index in [1.165, 1.54) is 29.5 Å². The summed E-state index contributed by atoms with van der Waals surface area (Å²) in [5.74, 6) is 0.850. The van der Waals surface area contributed by atoms with Crippen molar-refractivity contribution in [2.45, 2.75) is 39.2 Å². The molecule has 1 unspecified atom stereocenters. The fourth-order valence-electron chi connectivity index (χ4n) is 2.40. The third-order valence-corrected chi connectivity index (χ3v) is 4.78. The molecule has 1 fully saturated rings. The molecule has 1 saturated carbocycles. The van der Waals surface area contributed by atoms with Gasteiger partial charge < -0.3 is 5.32 Å². The van der Waals surface area contributed by atoms with E-state index >= 15 is 0 Å². The Morgan fingerprint density at radius 1 is 1.41 bits per heavy atom. The number of hydrogen-bond donors (Lipinski definition) is 1. The summed E-state index contributed by atoms with van der Waals surface area (Å²) in [5, 5.41) is 4.65. The van der Waals surface area contributed by atoms with Crippen molar-refractivity contribution < 1.29 is 0 Å². The Kier molecular flexibility index (Phi) is 2.79. The highest BCUT2D eigenvalue weighted by Crippen LogP contribution is 2.33. The first-order chi connectivity index (χ1) is 8.24. The van der Waals surface area contributed by atoms with Gasteiger partial charge in [-0.1, -0.05) is 29.9 Å². The van der Waals surface area contributed by atoms with Gasteiger partial charge in [0.2, 0.25) is 0 Å². The predicted molar refractivity (Wildman–Crippen MR) is 74.8 cm³/mol. The standard InChI is InChI=1S/C14H18N2S/c1-9-5-3-8-12-13(9)16-14(17-12)15-10(2)11-6-4-7-11/h3,5,8,10-11H,4,6-7H2,1-2H3,(H,15,16). The van der Waals surface area contributed by atoms with Crippen LogP contribution in [-0.2, 0) is 0 Å². The number of thiazole rings is 1. The number of benzene rings is 1. The molecule has 1 heterocycles. The molecule has 17 heavy (non-hydrogen) atoms. The van der Waals surface area contributed by atoms with Gasteiger partial charge in [-0.3, -0.25) is 0 Å². The number of nitrogens with one attached hydrogen (secondary N) is 1. The van der Waals surface area contributed by atoms with E-state index in [0.717, 1.165) is 16.6 Å². The third-order valence-electron chi connectivity index (χ3n) is 3.83. The van der Waals surface area contributed by atoms with E-state index in [9.17, 15) is 0 Å². The SMILES string of the molecule is Cc1cccc2sc(NC(C)C3CCC3)nc12. The summed E-state index contributed by atoms with van der Waals surface area (Å²) >= 11 is 1.77. The van der Waals surface area contributed by atoms with Crippen LogP contribution in [-0.4, -0.2) is 11.0 Å². The van der Waals surface area contributed by atoms with Crippen molar-refractivity contribution in [2.75, 3.05) is 5.32 Å². The zero-order chi connectivity index (χ0) is 11.8. The highest BCUT2D eigenvalue weighted by atomic mass is 32.1. The minimum Gasteiger partial charge on any atom is -0.359 e. The summed E-state index contributed by atoms with van der Waals surface area (Å²) in [6.45, 7) is 4.41. The van der Waals surface area contributed by atoms with Gasteiger partial charge in [-0.2, -0.15) is 0 Å². The van der Waals surface area contributed by atoms with Crippen LogP contribution in [0, 0.1) is 12.8 Å². The largest absolute Gasteiger partial charge is 0.359 e. The lowest BCUT2D eigenvalue weighted by Gasteiger charge is -2.31. The number of fused-ring (bicyclic) bond motifs is 1. The average Bonchev–Trinajstić information content (AvgIpc) is 2.58. The van der Waals surface area contributed by atoms with Gasteiger partial charge in [0.25, 0.3) is 0 Å². The summed E-state index contributed by atoms with van der Waals surface area (Å²) in [4.78, 5) is 4.70. The fraction of sp³-hybridized carbons (Fsp3) is 0.500. The molecule has 2 aromatic rings. The van der Waals surface area contributed by atoms with Crippen LogP contribution in [0.3, 0.4) is 0 Å². The van der Waals surface area contributed by atoms with Gasteiger partial charge in [0.05, 0.1) is 10.2 Å². The van der Waals surface area contributed by atoms with Crippen molar-refractivity contribution >= 4 is 26.7 Å². The van der Waals surface area contributed by atoms with Gasteiger partial charge in [-0.25, -0.2) is 4.98 Å². The first-order valence-corrected chi connectivity index (χ1v) is 7.18. The molecule has 1 aromatic carbocycles. The van der Waals surface area contributed by atoms with Crippen molar-refractivity contribution in [1.82, 2.24) is 4.98 Å². The molecule has 3 rings (SSSR count). The van der Waals surface area contributed by atoms with Crippen LogP contribution in [0.2, 0.25) is 0 Å². The normalized spacial score (nSPS) is 18.0. The molecular formula is C14H18N2S. The molecule has 1 aliphatic carbocycles. The molecule has 1 N–H and O–H groups in total. The van der Waals surface area contributed by atoms with E-state index in [1.54, 1.807) is 11.3 Å². The molecule has 0 radical (unpaired) electrons. The molecule has 0 amide bonds. The highest BCUT2D eigenvalue weighted by molar-refractivity contribution is 7.22. The summed E-state index contributed by atoms with van der Waals surface area (Å²) in [6, 6.07) is 6.94. The van der Waals surface area contributed by atoms with Crippen LogP contribution in [0.1, 0.15) is 31.7 Å². The quantitative estimate of drug-likeness (QED) is 0.877. The lowest BCUT2D eigenvalue weighted by Crippen LogP contribution is -2.30. The van der Waals surface area contributed by atoms with E-state index in [1.807, 2.05) is 0 Å². The molecule has 2 nitrogen and oxygen atoms in total. The molecular weight excluding hydrogens is 228 g/mol. The Balaban J connectivity index is 1.83. The fourth-order valence-corrected chi connectivity index (χ4v) is 3.44. The molecule has 1 atom stereocenters. The van der Waals surface area contributed by atoms with Crippen LogP contribution in [0.4, 0.5) is 5.13 Å². The van der Waals surface area contributed by atoms with E-state index in [4.69, 9.17) is 4.98 Å². The maximum atomic E-state index is 4.70. The summed E-state index contributed by atoms with van der Waals surface area (Å²) in [6.07, 6.45) is 4.14. The first kappa shape index (κ1) is 11.0. The molecule has 3 heteroatoms. The number of aryl methyl sites for hydroxylation is 1. The van der Waals surface area contributed by atoms with Crippen LogP contribution >= 0.6 is 11.3 Å². The molecule has 0 saturated heterocycles. The second-order valence-electron chi connectivity index (χ2n) is 5.06. The number of nitrogens with zero attached hydrogens (tertiary/aromatic N) is 1.